The molecule has 0 saturated heterocycles. The average molecular weight is 388 g/mol. The maximum Gasteiger partial charge on any atom is 0.318 e. The molecule has 0 bridgehead atoms. The fourth-order valence-electron chi connectivity index (χ4n) is 2.28. The van der Waals surface area contributed by atoms with Crippen LogP contribution in [0.15, 0.2) is 35.4 Å². The van der Waals surface area contributed by atoms with Crippen LogP contribution in [0.1, 0.15) is 16.7 Å². The quantitative estimate of drug-likeness (QED) is 0.418. The lowest BCUT2D eigenvalue weighted by Gasteiger charge is -2.08. The van der Waals surface area contributed by atoms with E-state index >= 15 is 0 Å². The summed E-state index contributed by atoms with van der Waals surface area (Å²) in [5.41, 5.74) is 2.27. The first-order valence-electron chi connectivity index (χ1n) is 7.86. The van der Waals surface area contributed by atoms with Gasteiger partial charge in [0.25, 0.3) is 11.6 Å². The largest absolute Gasteiger partial charge is 0.502 e. The van der Waals surface area contributed by atoms with Crippen molar-refractivity contribution >= 4 is 23.5 Å². The lowest BCUT2D eigenvalue weighted by molar-refractivity contribution is -0.394. The molecule has 11 nitrogen and oxygen atoms in total. The number of hydrogen-bond acceptors (Lipinski definition) is 8. The second kappa shape index (κ2) is 8.58. The number of carbonyl (C=O) groups excluding carboxylic acids is 1. The van der Waals surface area contributed by atoms with Gasteiger partial charge in [0.1, 0.15) is 5.75 Å². The molecule has 0 heterocycles. The minimum Gasteiger partial charge on any atom is -0.502 e. The van der Waals surface area contributed by atoms with E-state index in [1.54, 1.807) is 6.07 Å². The number of carbonyl (C=O) groups is 1. The van der Waals surface area contributed by atoms with E-state index in [-0.39, 0.29) is 12.2 Å². The molecule has 0 radical (unpaired) electrons. The van der Waals surface area contributed by atoms with E-state index in [1.807, 2.05) is 26.0 Å². The molecule has 1 amide bonds. The van der Waals surface area contributed by atoms with E-state index in [2.05, 4.69) is 10.5 Å². The lowest BCUT2D eigenvalue weighted by atomic mass is 10.1. The van der Waals surface area contributed by atoms with Crippen molar-refractivity contribution < 1.29 is 24.5 Å². The van der Waals surface area contributed by atoms with Crippen molar-refractivity contribution in [2.24, 2.45) is 5.10 Å². The van der Waals surface area contributed by atoms with Gasteiger partial charge in [0.15, 0.2) is 6.61 Å². The van der Waals surface area contributed by atoms with E-state index in [9.17, 15) is 30.1 Å². The van der Waals surface area contributed by atoms with Crippen LogP contribution in [0.4, 0.5) is 11.4 Å². The molecule has 2 rings (SSSR count). The van der Waals surface area contributed by atoms with Crippen LogP contribution < -0.4 is 10.2 Å². The molecular formula is C17H16N4O7. The van der Waals surface area contributed by atoms with Gasteiger partial charge in [-0.3, -0.25) is 25.0 Å². The summed E-state index contributed by atoms with van der Waals surface area (Å²) >= 11 is 0. The van der Waals surface area contributed by atoms with Crippen LogP contribution in [0.5, 0.6) is 11.5 Å². The van der Waals surface area contributed by atoms with Crippen molar-refractivity contribution in [1.29, 1.82) is 0 Å². The van der Waals surface area contributed by atoms with Gasteiger partial charge in [-0.25, -0.2) is 5.43 Å². The van der Waals surface area contributed by atoms with Gasteiger partial charge in [-0.15, -0.1) is 0 Å². The van der Waals surface area contributed by atoms with Crippen LogP contribution in [0.3, 0.4) is 0 Å². The summed E-state index contributed by atoms with van der Waals surface area (Å²) in [6.45, 7) is 3.41. The fourth-order valence-corrected chi connectivity index (χ4v) is 2.28. The van der Waals surface area contributed by atoms with Gasteiger partial charge in [-0.05, 0) is 25.5 Å². The van der Waals surface area contributed by atoms with Gasteiger partial charge in [0.2, 0.25) is 5.75 Å². The number of non-ortho nitro benzene ring substituents is 1. The normalized spacial score (nSPS) is 10.6. The minimum absolute atomic E-state index is 0.295. The third kappa shape index (κ3) is 5.00. The number of hydrazone groups is 1. The molecule has 2 aromatic carbocycles. The van der Waals surface area contributed by atoms with Gasteiger partial charge in [-0.1, -0.05) is 17.7 Å². The van der Waals surface area contributed by atoms with Crippen molar-refractivity contribution in [2.75, 3.05) is 6.61 Å². The van der Waals surface area contributed by atoms with E-state index in [0.29, 0.717) is 11.8 Å². The number of aryl methyl sites for hydroxylation is 2. The van der Waals surface area contributed by atoms with Crippen molar-refractivity contribution in [3.05, 3.63) is 67.3 Å². The predicted octanol–water partition coefficient (Wildman–Crippen LogP) is 2.35. The molecule has 0 saturated carbocycles. The number of nitro groups is 2. The zero-order chi connectivity index (χ0) is 20.8. The molecule has 28 heavy (non-hydrogen) atoms. The summed E-state index contributed by atoms with van der Waals surface area (Å²) in [7, 11) is 0. The molecule has 0 spiro atoms. The maximum atomic E-state index is 11.8. The highest BCUT2D eigenvalue weighted by Gasteiger charge is 2.23. The second-order valence-corrected chi connectivity index (χ2v) is 5.77. The standard InChI is InChI=1S/C17H16N4O7/c1-10-3-4-15(11(2)5-10)28-9-16(22)19-18-8-12-6-13(20(24)25)7-14(17(12)23)21(26)27/h3-8,23H,9H2,1-2H3,(H,19,22)/b18-8-. The number of amides is 1. The highest BCUT2D eigenvalue weighted by molar-refractivity contribution is 5.88. The predicted molar refractivity (Wildman–Crippen MR) is 98.6 cm³/mol. The summed E-state index contributed by atoms with van der Waals surface area (Å²) in [5.74, 6) is -0.910. The number of nitrogens with one attached hydrogen (secondary N) is 1. The Morgan fingerprint density at radius 3 is 2.54 bits per heavy atom. The summed E-state index contributed by atoms with van der Waals surface area (Å²) < 4.78 is 5.37. The van der Waals surface area contributed by atoms with Gasteiger partial charge >= 0.3 is 5.69 Å². The van der Waals surface area contributed by atoms with Gasteiger partial charge in [-0.2, -0.15) is 5.10 Å². The molecule has 0 aliphatic rings. The Bertz CT molecular complexity index is 972. The van der Waals surface area contributed by atoms with Crippen LogP contribution in [-0.4, -0.2) is 33.7 Å². The molecule has 0 unspecified atom stereocenters. The monoisotopic (exact) mass is 388 g/mol. The molecule has 0 aliphatic carbocycles. The molecule has 0 aliphatic heterocycles. The van der Waals surface area contributed by atoms with Crippen molar-refractivity contribution in [1.82, 2.24) is 5.43 Å². The number of benzene rings is 2. The van der Waals surface area contributed by atoms with Gasteiger partial charge in [0.05, 0.1) is 27.7 Å². The van der Waals surface area contributed by atoms with E-state index in [1.165, 1.54) is 0 Å². The molecule has 0 fully saturated rings. The SMILES string of the molecule is Cc1ccc(OCC(=O)N/N=C\c2cc([N+](=O)[O-])cc([N+](=O)[O-])c2O)c(C)c1. The first kappa shape index (κ1) is 20.3. The molecule has 0 atom stereocenters. The first-order valence-corrected chi connectivity index (χ1v) is 7.86. The maximum absolute atomic E-state index is 11.8. The molecule has 146 valence electrons. The highest BCUT2D eigenvalue weighted by Crippen LogP contribution is 2.33. The van der Waals surface area contributed by atoms with Gasteiger partial charge in [0, 0.05) is 6.07 Å². The molecule has 0 aromatic heterocycles. The van der Waals surface area contributed by atoms with Crippen molar-refractivity contribution in [3.63, 3.8) is 0 Å². The van der Waals surface area contributed by atoms with Crippen LogP contribution >= 0.6 is 0 Å². The Balaban J connectivity index is 2.06. The summed E-state index contributed by atoms with van der Waals surface area (Å²) in [6.07, 6.45) is 0.865. The van der Waals surface area contributed by atoms with Crippen molar-refractivity contribution in [2.45, 2.75) is 13.8 Å². The Morgan fingerprint density at radius 2 is 1.93 bits per heavy atom. The number of phenolic OH excluding ortho intramolecular Hbond substituents is 1. The Hall–Kier alpha value is -4.02. The van der Waals surface area contributed by atoms with E-state index in [0.717, 1.165) is 23.4 Å². The number of nitrogens with zero attached hydrogens (tertiary/aromatic N) is 3. The van der Waals surface area contributed by atoms with E-state index in [4.69, 9.17) is 4.74 Å². The Kier molecular flexibility index (Phi) is 6.22. The fraction of sp³-hybridized carbons (Fsp3) is 0.176. The van der Waals surface area contributed by atoms with Crippen LogP contribution in [0.25, 0.3) is 0 Å². The number of rotatable bonds is 7. The Morgan fingerprint density at radius 1 is 1.21 bits per heavy atom. The molecular weight excluding hydrogens is 372 g/mol. The first-order chi connectivity index (χ1) is 13.2. The zero-order valence-electron chi connectivity index (χ0n) is 14.9. The van der Waals surface area contributed by atoms with Crippen LogP contribution in [0, 0.1) is 34.1 Å². The number of nitro benzene ring substituents is 2. The Labute approximate surface area is 158 Å². The summed E-state index contributed by atoms with van der Waals surface area (Å²) in [6, 6.07) is 6.97. The minimum atomic E-state index is -0.962. The summed E-state index contributed by atoms with van der Waals surface area (Å²) in [5, 5.41) is 35.1. The highest BCUT2D eigenvalue weighted by atomic mass is 16.6. The smallest absolute Gasteiger partial charge is 0.318 e. The summed E-state index contributed by atoms with van der Waals surface area (Å²) in [4.78, 5) is 31.7. The van der Waals surface area contributed by atoms with Gasteiger partial charge < -0.3 is 9.84 Å². The lowest BCUT2D eigenvalue weighted by Crippen LogP contribution is -2.24. The third-order valence-electron chi connectivity index (χ3n) is 3.59. The average Bonchev–Trinajstić information content (AvgIpc) is 2.61. The second-order valence-electron chi connectivity index (χ2n) is 5.77. The number of phenols is 1. The molecule has 2 aromatic rings. The van der Waals surface area contributed by atoms with Crippen LogP contribution in [-0.2, 0) is 4.79 Å². The molecule has 2 N–H and O–H groups in total. The van der Waals surface area contributed by atoms with E-state index < -0.39 is 32.9 Å². The number of hydrogen-bond donors (Lipinski definition) is 2. The third-order valence-corrected chi connectivity index (χ3v) is 3.59. The topological polar surface area (TPSA) is 157 Å². The van der Waals surface area contributed by atoms with Crippen LogP contribution in [0.2, 0.25) is 0 Å². The zero-order valence-corrected chi connectivity index (χ0v) is 14.9. The number of aromatic hydroxyl groups is 1. The molecule has 11 heteroatoms. The number of ether oxygens (including phenoxy) is 1. The van der Waals surface area contributed by atoms with Crippen molar-refractivity contribution in [3.8, 4) is 11.5 Å².